The molecule has 162 valence electrons. The van der Waals surface area contributed by atoms with Crippen LogP contribution in [0.4, 0.5) is 0 Å². The van der Waals surface area contributed by atoms with Crippen molar-refractivity contribution in [1.82, 2.24) is 0 Å². The lowest BCUT2D eigenvalue weighted by molar-refractivity contribution is -0.231. The van der Waals surface area contributed by atoms with E-state index < -0.39 is 50.1 Å². The van der Waals surface area contributed by atoms with Crippen LogP contribution in [0.15, 0.2) is 30.3 Å². The first-order valence-electron chi connectivity index (χ1n) is 9.56. The van der Waals surface area contributed by atoms with Gasteiger partial charge in [-0.3, -0.25) is 9.05 Å². The van der Waals surface area contributed by atoms with E-state index >= 15 is 0 Å². The second kappa shape index (κ2) is 7.67. The molecule has 0 aromatic heterocycles. The lowest BCUT2D eigenvalue weighted by atomic mass is 10.1. The van der Waals surface area contributed by atoms with Gasteiger partial charge in [0.1, 0.15) is 24.4 Å². The van der Waals surface area contributed by atoms with Gasteiger partial charge in [-0.1, -0.05) is 30.3 Å². The van der Waals surface area contributed by atoms with Crippen molar-refractivity contribution < 1.29 is 42.2 Å². The second-order valence-corrected chi connectivity index (χ2v) is 9.64. The van der Waals surface area contributed by atoms with Crippen molar-refractivity contribution in [3.63, 3.8) is 0 Å². The monoisotopic (exact) mass is 430 g/mol. The Bertz CT molecular complexity index is 768. The van der Waals surface area contributed by atoms with Gasteiger partial charge in [0.25, 0.3) is 0 Å². The van der Waals surface area contributed by atoms with Crippen molar-refractivity contribution in [1.29, 1.82) is 0 Å². The lowest BCUT2D eigenvalue weighted by Crippen LogP contribution is -2.43. The third-order valence-corrected chi connectivity index (χ3v) is 5.88. The summed E-state index contributed by atoms with van der Waals surface area (Å²) in [7, 11) is -4.42. The maximum atomic E-state index is 12.7. The van der Waals surface area contributed by atoms with E-state index in [1.54, 1.807) is 39.8 Å². The molecule has 6 atom stereocenters. The van der Waals surface area contributed by atoms with Crippen LogP contribution in [0.2, 0.25) is 0 Å². The molecular weight excluding hydrogens is 403 g/mol. The predicted octanol–water partition coefficient (Wildman–Crippen LogP) is 2.72. The molecule has 9 nitrogen and oxygen atoms in total. The molecule has 4 rings (SSSR count). The van der Waals surface area contributed by atoms with Gasteiger partial charge in [0.15, 0.2) is 17.9 Å². The topological polar surface area (TPSA) is 102 Å². The van der Waals surface area contributed by atoms with E-state index in [0.29, 0.717) is 0 Å². The molecule has 3 saturated heterocycles. The van der Waals surface area contributed by atoms with Crippen LogP contribution in [-0.2, 0) is 43.9 Å². The van der Waals surface area contributed by atoms with E-state index in [1.807, 2.05) is 18.2 Å². The first-order chi connectivity index (χ1) is 13.5. The Morgan fingerprint density at radius 2 is 1.79 bits per heavy atom. The molecule has 1 N–H and O–H groups in total. The van der Waals surface area contributed by atoms with Crippen LogP contribution in [0.25, 0.3) is 0 Å². The van der Waals surface area contributed by atoms with Gasteiger partial charge in [-0.15, -0.1) is 0 Å². The molecule has 0 saturated carbocycles. The number of rotatable bonds is 6. The summed E-state index contributed by atoms with van der Waals surface area (Å²) in [6, 6.07) is 9.07. The Kier molecular flexibility index (Phi) is 5.65. The average molecular weight is 430 g/mol. The van der Waals surface area contributed by atoms with Crippen molar-refractivity contribution in [3.8, 4) is 0 Å². The molecule has 3 heterocycles. The van der Waals surface area contributed by atoms with Gasteiger partial charge in [-0.05, 0) is 33.3 Å². The standard InChI is InChI=1S/C19H27O9P/c1-18(2)22-11-13(25-18)14-15(16-17(24-14)27-19(3,4)26-16)28-29(20,21)23-10-12-8-6-5-7-9-12/h5-9,13-17H,10-11H2,1-4H3,(H,20,21)/t13-,14-,15+,16-,17-/m1/s1. The van der Waals surface area contributed by atoms with Gasteiger partial charge in [0, 0.05) is 0 Å². The van der Waals surface area contributed by atoms with E-state index in [-0.39, 0.29) is 13.2 Å². The predicted molar refractivity (Wildman–Crippen MR) is 99.5 cm³/mol. The smallest absolute Gasteiger partial charge is 0.348 e. The van der Waals surface area contributed by atoms with Crippen LogP contribution in [0.1, 0.15) is 33.3 Å². The third-order valence-electron chi connectivity index (χ3n) is 4.92. The second-order valence-electron chi connectivity index (χ2n) is 8.23. The molecule has 3 fully saturated rings. The van der Waals surface area contributed by atoms with Gasteiger partial charge in [0.2, 0.25) is 0 Å². The summed E-state index contributed by atoms with van der Waals surface area (Å²) < 4.78 is 52.5. The third kappa shape index (κ3) is 4.90. The summed E-state index contributed by atoms with van der Waals surface area (Å²) in [4.78, 5) is 10.3. The van der Waals surface area contributed by atoms with Gasteiger partial charge < -0.3 is 28.6 Å². The zero-order valence-electron chi connectivity index (χ0n) is 16.8. The van der Waals surface area contributed by atoms with Crippen LogP contribution in [0, 0.1) is 0 Å². The zero-order chi connectivity index (χ0) is 20.9. The highest BCUT2D eigenvalue weighted by Crippen LogP contribution is 2.51. The first-order valence-corrected chi connectivity index (χ1v) is 11.1. The number of fused-ring (bicyclic) bond motifs is 1. The Labute approximate surface area is 169 Å². The van der Waals surface area contributed by atoms with E-state index in [0.717, 1.165) is 5.56 Å². The van der Waals surface area contributed by atoms with Crippen molar-refractivity contribution in [2.45, 2.75) is 76.6 Å². The molecule has 0 aliphatic carbocycles. The fourth-order valence-corrected chi connectivity index (χ4v) is 4.64. The fraction of sp³-hybridized carbons (Fsp3) is 0.684. The molecule has 29 heavy (non-hydrogen) atoms. The lowest BCUT2D eigenvalue weighted by Gasteiger charge is -2.29. The molecular formula is C19H27O9P. The fourth-order valence-electron chi connectivity index (χ4n) is 3.72. The highest BCUT2D eigenvalue weighted by molar-refractivity contribution is 7.47. The first kappa shape index (κ1) is 21.4. The SMILES string of the molecule is CC1(C)O[C@H]2O[C@H]([C@H]3COC(C)(C)O3)[C@H](OP(=O)(O)OCc3ccccc3)[C@H]2O1. The molecule has 0 radical (unpaired) electrons. The van der Waals surface area contributed by atoms with Crippen LogP contribution >= 0.6 is 7.82 Å². The maximum Gasteiger partial charge on any atom is 0.472 e. The van der Waals surface area contributed by atoms with Crippen molar-refractivity contribution in [2.24, 2.45) is 0 Å². The zero-order valence-corrected chi connectivity index (χ0v) is 17.7. The quantitative estimate of drug-likeness (QED) is 0.683. The molecule has 0 spiro atoms. The highest BCUT2D eigenvalue weighted by atomic mass is 31.2. The van der Waals surface area contributed by atoms with Crippen LogP contribution < -0.4 is 0 Å². The van der Waals surface area contributed by atoms with Crippen molar-refractivity contribution in [3.05, 3.63) is 35.9 Å². The van der Waals surface area contributed by atoms with Gasteiger partial charge >= 0.3 is 7.82 Å². The number of ether oxygens (including phenoxy) is 5. The van der Waals surface area contributed by atoms with Gasteiger partial charge in [-0.25, -0.2) is 4.57 Å². The largest absolute Gasteiger partial charge is 0.472 e. The summed E-state index contributed by atoms with van der Waals surface area (Å²) in [6.07, 6.45) is -3.62. The van der Waals surface area contributed by atoms with Gasteiger partial charge in [-0.2, -0.15) is 0 Å². The summed E-state index contributed by atoms with van der Waals surface area (Å²) in [6.45, 7) is 7.23. The summed E-state index contributed by atoms with van der Waals surface area (Å²) in [5.41, 5.74) is 0.748. The molecule has 10 heteroatoms. The van der Waals surface area contributed by atoms with Crippen LogP contribution in [0.5, 0.6) is 0 Å². The van der Waals surface area contributed by atoms with Crippen LogP contribution in [-0.4, -0.2) is 53.8 Å². The Hall–Kier alpha value is -0.870. The summed E-state index contributed by atoms with van der Waals surface area (Å²) in [5.74, 6) is -1.69. The summed E-state index contributed by atoms with van der Waals surface area (Å²) in [5, 5.41) is 0. The molecule has 1 aromatic carbocycles. The van der Waals surface area contributed by atoms with E-state index in [4.69, 9.17) is 32.7 Å². The Morgan fingerprint density at radius 3 is 2.45 bits per heavy atom. The highest BCUT2D eigenvalue weighted by Gasteiger charge is 2.60. The number of phosphoric acid groups is 1. The number of phosphoric ester groups is 1. The maximum absolute atomic E-state index is 12.7. The molecule has 3 aliphatic rings. The summed E-state index contributed by atoms with van der Waals surface area (Å²) >= 11 is 0. The van der Waals surface area contributed by atoms with Crippen LogP contribution in [0.3, 0.4) is 0 Å². The minimum atomic E-state index is -4.42. The normalized spacial score (nSPS) is 37.3. The molecule has 0 amide bonds. The Balaban J connectivity index is 1.48. The number of hydrogen-bond donors (Lipinski definition) is 1. The minimum Gasteiger partial charge on any atom is -0.348 e. The van der Waals surface area contributed by atoms with E-state index in [1.165, 1.54) is 0 Å². The van der Waals surface area contributed by atoms with E-state index in [9.17, 15) is 9.46 Å². The Morgan fingerprint density at radius 1 is 1.07 bits per heavy atom. The molecule has 0 bridgehead atoms. The number of benzene rings is 1. The molecule has 1 unspecified atom stereocenters. The van der Waals surface area contributed by atoms with Crippen molar-refractivity contribution in [2.75, 3.05) is 6.61 Å². The van der Waals surface area contributed by atoms with E-state index in [2.05, 4.69) is 0 Å². The minimum absolute atomic E-state index is 0.0696. The molecule has 3 aliphatic heterocycles. The number of hydrogen-bond acceptors (Lipinski definition) is 8. The average Bonchev–Trinajstić information content (AvgIpc) is 3.24. The van der Waals surface area contributed by atoms with Gasteiger partial charge in [0.05, 0.1) is 13.2 Å². The molecule has 1 aromatic rings. The van der Waals surface area contributed by atoms with Crippen molar-refractivity contribution >= 4 is 7.82 Å².